The van der Waals surface area contributed by atoms with Crippen LogP contribution in [-0.2, 0) is 16.0 Å². The first-order valence-corrected chi connectivity index (χ1v) is 10.0. The van der Waals surface area contributed by atoms with Gasteiger partial charge in [-0.2, -0.15) is 23.5 Å². The van der Waals surface area contributed by atoms with Crippen molar-refractivity contribution in [2.75, 3.05) is 37.1 Å². The van der Waals surface area contributed by atoms with E-state index in [1.807, 2.05) is 42.8 Å². The Morgan fingerprint density at radius 3 is 1.91 bits per heavy atom. The molecule has 2 amide bonds. The molecular weight excluding hydrogens is 316 g/mol. The molecule has 0 saturated carbocycles. The van der Waals surface area contributed by atoms with Crippen molar-refractivity contribution in [1.82, 2.24) is 10.6 Å². The monoisotopic (exact) mass is 340 g/mol. The molecule has 22 heavy (non-hydrogen) atoms. The zero-order valence-electron chi connectivity index (χ0n) is 13.1. The first-order chi connectivity index (χ1) is 10.7. The summed E-state index contributed by atoms with van der Waals surface area (Å²) in [6.45, 7) is 1.17. The van der Waals surface area contributed by atoms with E-state index in [0.717, 1.165) is 17.1 Å². The maximum Gasteiger partial charge on any atom is 0.232 e. The first-order valence-electron chi connectivity index (χ1n) is 7.26. The van der Waals surface area contributed by atoms with Gasteiger partial charge in [0, 0.05) is 24.6 Å². The maximum absolute atomic E-state index is 12.3. The van der Waals surface area contributed by atoms with Crippen molar-refractivity contribution < 1.29 is 9.59 Å². The summed E-state index contributed by atoms with van der Waals surface area (Å²) in [5, 5.41) is 5.70. The zero-order valence-corrected chi connectivity index (χ0v) is 14.8. The molecule has 2 N–H and O–H groups in total. The maximum atomic E-state index is 12.3. The van der Waals surface area contributed by atoms with Gasteiger partial charge in [0.2, 0.25) is 11.8 Å². The molecule has 1 aromatic rings. The van der Waals surface area contributed by atoms with Crippen molar-refractivity contribution >= 4 is 35.3 Å². The second-order valence-electron chi connectivity index (χ2n) is 4.81. The standard InChI is InChI=1S/C16H24N2O2S2/c1-21-10-8-17-15(19)14(16(20)18-9-11-22-2)12-13-6-4-3-5-7-13/h3-7,14H,8-12H2,1-2H3,(H,17,19)(H,18,20). The SMILES string of the molecule is CSCCNC(=O)C(Cc1ccccc1)C(=O)NCCSC. The van der Waals surface area contributed by atoms with Crippen molar-refractivity contribution in [3.05, 3.63) is 35.9 Å². The zero-order chi connectivity index (χ0) is 16.2. The number of hydrogen-bond acceptors (Lipinski definition) is 4. The van der Waals surface area contributed by atoms with Crippen LogP contribution in [0.2, 0.25) is 0 Å². The molecule has 0 aromatic heterocycles. The molecule has 1 rings (SSSR count). The summed E-state index contributed by atoms with van der Waals surface area (Å²) in [5.41, 5.74) is 0.993. The lowest BCUT2D eigenvalue weighted by Gasteiger charge is -2.16. The number of carbonyl (C=O) groups excluding carboxylic acids is 2. The summed E-state index contributed by atoms with van der Waals surface area (Å²) in [6.07, 6.45) is 4.41. The highest BCUT2D eigenvalue weighted by molar-refractivity contribution is 7.98. The highest BCUT2D eigenvalue weighted by atomic mass is 32.2. The van der Waals surface area contributed by atoms with Crippen LogP contribution in [0, 0.1) is 5.92 Å². The van der Waals surface area contributed by atoms with Crippen LogP contribution in [0.5, 0.6) is 0 Å². The lowest BCUT2D eigenvalue weighted by molar-refractivity contribution is -0.135. The fourth-order valence-corrected chi connectivity index (χ4v) is 2.57. The predicted octanol–water partition coefficient (Wildman–Crippen LogP) is 1.80. The number of amides is 2. The van der Waals surface area contributed by atoms with Gasteiger partial charge in [-0.15, -0.1) is 0 Å². The van der Waals surface area contributed by atoms with E-state index < -0.39 is 5.92 Å². The van der Waals surface area contributed by atoms with Gasteiger partial charge in [-0.1, -0.05) is 30.3 Å². The van der Waals surface area contributed by atoms with Crippen molar-refractivity contribution in [1.29, 1.82) is 0 Å². The van der Waals surface area contributed by atoms with Gasteiger partial charge in [-0.05, 0) is 24.5 Å². The largest absolute Gasteiger partial charge is 0.355 e. The lowest BCUT2D eigenvalue weighted by Crippen LogP contribution is -2.43. The Kier molecular flexibility index (Phi) is 9.82. The van der Waals surface area contributed by atoms with Gasteiger partial charge in [0.05, 0.1) is 0 Å². The van der Waals surface area contributed by atoms with Gasteiger partial charge >= 0.3 is 0 Å². The van der Waals surface area contributed by atoms with Crippen molar-refractivity contribution in [2.45, 2.75) is 6.42 Å². The van der Waals surface area contributed by atoms with Crippen LogP contribution in [0.3, 0.4) is 0 Å². The number of rotatable bonds is 10. The molecular formula is C16H24N2O2S2. The molecule has 0 aliphatic heterocycles. The fourth-order valence-electron chi connectivity index (χ4n) is 1.95. The molecule has 0 fully saturated rings. The molecule has 0 radical (unpaired) electrons. The van der Waals surface area contributed by atoms with E-state index in [4.69, 9.17) is 0 Å². The Labute approximate surface area is 141 Å². The van der Waals surface area contributed by atoms with Gasteiger partial charge in [-0.3, -0.25) is 9.59 Å². The third-order valence-corrected chi connectivity index (χ3v) is 4.35. The van der Waals surface area contributed by atoms with Crippen LogP contribution in [0.15, 0.2) is 30.3 Å². The van der Waals surface area contributed by atoms with Crippen LogP contribution in [0.4, 0.5) is 0 Å². The molecule has 0 bridgehead atoms. The topological polar surface area (TPSA) is 58.2 Å². The van der Waals surface area contributed by atoms with Gasteiger partial charge in [0.15, 0.2) is 0 Å². The highest BCUT2D eigenvalue weighted by Gasteiger charge is 2.26. The Bertz CT molecular complexity index is 433. The second-order valence-corrected chi connectivity index (χ2v) is 6.78. The third kappa shape index (κ3) is 7.22. The molecule has 122 valence electrons. The predicted molar refractivity (Wildman–Crippen MR) is 96.4 cm³/mol. The van der Waals surface area contributed by atoms with Crippen LogP contribution < -0.4 is 10.6 Å². The third-order valence-electron chi connectivity index (χ3n) is 3.13. The smallest absolute Gasteiger partial charge is 0.232 e. The second kappa shape index (κ2) is 11.4. The molecule has 0 unspecified atom stereocenters. The van der Waals surface area contributed by atoms with Crippen molar-refractivity contribution in [2.24, 2.45) is 5.92 Å². The summed E-state index contributed by atoms with van der Waals surface area (Å²) in [5.74, 6) is 0.626. The molecule has 6 heteroatoms. The summed E-state index contributed by atoms with van der Waals surface area (Å²) in [6, 6.07) is 9.65. The Morgan fingerprint density at radius 1 is 0.955 bits per heavy atom. The van der Waals surface area contributed by atoms with E-state index in [9.17, 15) is 9.59 Å². The van der Waals surface area contributed by atoms with Gasteiger partial charge in [0.25, 0.3) is 0 Å². The number of nitrogens with one attached hydrogen (secondary N) is 2. The minimum absolute atomic E-state index is 0.195. The molecule has 0 atom stereocenters. The van der Waals surface area contributed by atoms with E-state index >= 15 is 0 Å². The van der Waals surface area contributed by atoms with Crippen molar-refractivity contribution in [3.63, 3.8) is 0 Å². The Hall–Kier alpha value is -1.14. The molecule has 1 aromatic carbocycles. The fraction of sp³-hybridized carbons (Fsp3) is 0.500. The molecule has 0 aliphatic carbocycles. The normalized spacial score (nSPS) is 10.5. The van der Waals surface area contributed by atoms with E-state index in [-0.39, 0.29) is 11.8 Å². The Balaban J connectivity index is 2.66. The van der Waals surface area contributed by atoms with E-state index in [1.165, 1.54) is 0 Å². The van der Waals surface area contributed by atoms with Gasteiger partial charge in [0.1, 0.15) is 5.92 Å². The number of carbonyl (C=O) groups is 2. The summed E-state index contributed by atoms with van der Waals surface area (Å²) in [4.78, 5) is 24.6. The van der Waals surface area contributed by atoms with E-state index in [1.54, 1.807) is 23.5 Å². The highest BCUT2D eigenvalue weighted by Crippen LogP contribution is 2.10. The molecule has 0 aliphatic rings. The number of benzene rings is 1. The average molecular weight is 341 g/mol. The summed E-state index contributed by atoms with van der Waals surface area (Å²) < 4.78 is 0. The molecule has 0 heterocycles. The van der Waals surface area contributed by atoms with E-state index in [2.05, 4.69) is 10.6 Å². The van der Waals surface area contributed by atoms with Crippen LogP contribution in [-0.4, -0.2) is 48.9 Å². The minimum atomic E-state index is -0.675. The Morgan fingerprint density at radius 2 is 1.45 bits per heavy atom. The van der Waals surface area contributed by atoms with Crippen LogP contribution in [0.1, 0.15) is 5.56 Å². The number of thioether (sulfide) groups is 2. The number of hydrogen-bond donors (Lipinski definition) is 2. The average Bonchev–Trinajstić information content (AvgIpc) is 2.54. The first kappa shape index (κ1) is 18.9. The van der Waals surface area contributed by atoms with Gasteiger partial charge < -0.3 is 10.6 Å². The van der Waals surface area contributed by atoms with Crippen LogP contribution in [0.25, 0.3) is 0 Å². The molecule has 4 nitrogen and oxygen atoms in total. The summed E-state index contributed by atoms with van der Waals surface area (Å²) >= 11 is 3.33. The van der Waals surface area contributed by atoms with E-state index in [0.29, 0.717) is 19.5 Å². The van der Waals surface area contributed by atoms with Crippen LogP contribution >= 0.6 is 23.5 Å². The minimum Gasteiger partial charge on any atom is -0.355 e. The van der Waals surface area contributed by atoms with Gasteiger partial charge in [-0.25, -0.2) is 0 Å². The summed E-state index contributed by atoms with van der Waals surface area (Å²) in [7, 11) is 0. The molecule has 0 saturated heterocycles. The molecule has 0 spiro atoms. The quantitative estimate of drug-likeness (QED) is 0.504. The van der Waals surface area contributed by atoms with Crippen molar-refractivity contribution in [3.8, 4) is 0 Å². The lowest BCUT2D eigenvalue weighted by atomic mass is 9.97.